The standard InChI is InChI=1S/C15H25N3O/c1-11(16)15-13(6-5-7-14(15)19-4)18-9-8-12(10-18)17(2)3/h5-7,11-12H,8-10,16H2,1-4H3/t11-,12?/m0/s1. The first-order chi connectivity index (χ1) is 9.04. The van der Waals surface area contributed by atoms with Crippen LogP contribution in [0.3, 0.4) is 0 Å². The van der Waals surface area contributed by atoms with E-state index in [9.17, 15) is 0 Å². The summed E-state index contributed by atoms with van der Waals surface area (Å²) < 4.78 is 5.46. The van der Waals surface area contributed by atoms with Crippen molar-refractivity contribution in [1.82, 2.24) is 4.90 Å². The molecule has 1 aliphatic heterocycles. The molecule has 0 bridgehead atoms. The van der Waals surface area contributed by atoms with Gasteiger partial charge in [0.1, 0.15) is 5.75 Å². The fourth-order valence-electron chi connectivity index (χ4n) is 2.83. The summed E-state index contributed by atoms with van der Waals surface area (Å²) in [4.78, 5) is 4.72. The summed E-state index contributed by atoms with van der Waals surface area (Å²) in [6.07, 6.45) is 1.20. The van der Waals surface area contributed by atoms with Gasteiger partial charge >= 0.3 is 0 Å². The van der Waals surface area contributed by atoms with Crippen molar-refractivity contribution in [3.05, 3.63) is 23.8 Å². The van der Waals surface area contributed by atoms with Gasteiger partial charge in [0.25, 0.3) is 0 Å². The molecule has 0 saturated carbocycles. The summed E-state index contributed by atoms with van der Waals surface area (Å²) in [5.74, 6) is 0.890. The Labute approximate surface area is 116 Å². The summed E-state index contributed by atoms with van der Waals surface area (Å²) in [6.45, 7) is 4.15. The molecule has 1 saturated heterocycles. The number of hydrogen-bond donors (Lipinski definition) is 1. The van der Waals surface area contributed by atoms with Crippen LogP contribution in [0.25, 0.3) is 0 Å². The smallest absolute Gasteiger partial charge is 0.125 e. The van der Waals surface area contributed by atoms with Crippen LogP contribution in [0.4, 0.5) is 5.69 Å². The number of rotatable bonds is 4. The van der Waals surface area contributed by atoms with Crippen LogP contribution >= 0.6 is 0 Å². The zero-order valence-corrected chi connectivity index (χ0v) is 12.4. The number of nitrogens with two attached hydrogens (primary N) is 1. The Kier molecular flexibility index (Phi) is 4.32. The third-order valence-electron chi connectivity index (χ3n) is 3.95. The molecule has 19 heavy (non-hydrogen) atoms. The van der Waals surface area contributed by atoms with Crippen LogP contribution in [0, 0.1) is 0 Å². The fraction of sp³-hybridized carbons (Fsp3) is 0.600. The van der Waals surface area contributed by atoms with E-state index >= 15 is 0 Å². The molecule has 1 heterocycles. The number of anilines is 1. The number of likely N-dealkylation sites (N-methyl/N-ethyl adjacent to an activating group) is 1. The van der Waals surface area contributed by atoms with Crippen LogP contribution in [0.1, 0.15) is 24.9 Å². The van der Waals surface area contributed by atoms with Crippen LogP contribution in [-0.2, 0) is 0 Å². The van der Waals surface area contributed by atoms with Crippen LogP contribution < -0.4 is 15.4 Å². The van der Waals surface area contributed by atoms with Gasteiger partial charge in [-0.2, -0.15) is 0 Å². The number of methoxy groups -OCH3 is 1. The third-order valence-corrected chi connectivity index (χ3v) is 3.95. The average Bonchev–Trinajstić information content (AvgIpc) is 2.87. The molecule has 106 valence electrons. The molecule has 1 fully saturated rings. The Morgan fingerprint density at radius 1 is 1.42 bits per heavy atom. The number of ether oxygens (including phenoxy) is 1. The highest BCUT2D eigenvalue weighted by Crippen LogP contribution is 2.35. The molecule has 4 nitrogen and oxygen atoms in total. The Morgan fingerprint density at radius 2 is 2.16 bits per heavy atom. The highest BCUT2D eigenvalue weighted by atomic mass is 16.5. The molecule has 1 aromatic carbocycles. The van der Waals surface area contributed by atoms with Gasteiger partial charge in [0.2, 0.25) is 0 Å². The van der Waals surface area contributed by atoms with Crippen molar-refractivity contribution in [3.8, 4) is 5.75 Å². The molecule has 2 rings (SSSR count). The Balaban J connectivity index is 2.30. The van der Waals surface area contributed by atoms with E-state index in [0.29, 0.717) is 6.04 Å². The van der Waals surface area contributed by atoms with Crippen LogP contribution in [0.2, 0.25) is 0 Å². The van der Waals surface area contributed by atoms with E-state index in [2.05, 4.69) is 30.0 Å². The molecule has 1 unspecified atom stereocenters. The van der Waals surface area contributed by atoms with Crippen molar-refractivity contribution in [2.75, 3.05) is 39.2 Å². The fourth-order valence-corrected chi connectivity index (χ4v) is 2.83. The van der Waals surface area contributed by atoms with Gasteiger partial charge in [-0.05, 0) is 39.6 Å². The predicted molar refractivity (Wildman–Crippen MR) is 79.9 cm³/mol. The minimum absolute atomic E-state index is 0.0236. The van der Waals surface area contributed by atoms with E-state index in [4.69, 9.17) is 10.5 Å². The summed E-state index contributed by atoms with van der Waals surface area (Å²) >= 11 is 0. The molecular formula is C15H25N3O. The Morgan fingerprint density at radius 3 is 2.68 bits per heavy atom. The maximum absolute atomic E-state index is 6.14. The van der Waals surface area contributed by atoms with Gasteiger partial charge in [-0.25, -0.2) is 0 Å². The molecule has 0 spiro atoms. The molecule has 0 aromatic heterocycles. The van der Waals surface area contributed by atoms with Gasteiger partial charge < -0.3 is 20.3 Å². The summed E-state index contributed by atoms with van der Waals surface area (Å²) in [7, 11) is 6.00. The number of nitrogens with zero attached hydrogens (tertiary/aromatic N) is 2. The molecule has 1 aliphatic rings. The lowest BCUT2D eigenvalue weighted by Gasteiger charge is -2.26. The highest BCUT2D eigenvalue weighted by Gasteiger charge is 2.27. The van der Waals surface area contributed by atoms with Crippen LogP contribution in [0.15, 0.2) is 18.2 Å². The second kappa shape index (κ2) is 5.80. The zero-order chi connectivity index (χ0) is 14.0. The lowest BCUT2D eigenvalue weighted by atomic mass is 10.0. The first kappa shape index (κ1) is 14.2. The molecule has 2 N–H and O–H groups in total. The molecule has 0 amide bonds. The van der Waals surface area contributed by atoms with Gasteiger partial charge in [-0.1, -0.05) is 6.07 Å². The second-order valence-electron chi connectivity index (χ2n) is 5.53. The molecule has 0 radical (unpaired) electrons. The van der Waals surface area contributed by atoms with E-state index in [1.54, 1.807) is 7.11 Å². The van der Waals surface area contributed by atoms with Crippen molar-refractivity contribution >= 4 is 5.69 Å². The zero-order valence-electron chi connectivity index (χ0n) is 12.4. The van der Waals surface area contributed by atoms with E-state index in [1.165, 1.54) is 12.1 Å². The van der Waals surface area contributed by atoms with Crippen LogP contribution in [-0.4, -0.2) is 45.2 Å². The lowest BCUT2D eigenvalue weighted by Crippen LogP contribution is -2.32. The Bertz CT molecular complexity index is 431. The quantitative estimate of drug-likeness (QED) is 0.900. The molecule has 2 atom stereocenters. The van der Waals surface area contributed by atoms with Crippen molar-refractivity contribution in [2.24, 2.45) is 5.73 Å². The number of benzene rings is 1. The summed E-state index contributed by atoms with van der Waals surface area (Å²) in [5.41, 5.74) is 8.47. The monoisotopic (exact) mass is 263 g/mol. The normalized spacial score (nSPS) is 20.9. The van der Waals surface area contributed by atoms with Gasteiger partial charge in [0.05, 0.1) is 7.11 Å². The molecule has 0 aliphatic carbocycles. The maximum atomic E-state index is 6.14. The maximum Gasteiger partial charge on any atom is 0.125 e. The minimum Gasteiger partial charge on any atom is -0.496 e. The molecule has 1 aromatic rings. The van der Waals surface area contributed by atoms with Gasteiger partial charge in [-0.15, -0.1) is 0 Å². The molecular weight excluding hydrogens is 238 g/mol. The molecule has 4 heteroatoms. The van der Waals surface area contributed by atoms with Gasteiger partial charge in [-0.3, -0.25) is 0 Å². The first-order valence-electron chi connectivity index (χ1n) is 6.88. The van der Waals surface area contributed by atoms with Gasteiger partial charge in [0.15, 0.2) is 0 Å². The predicted octanol–water partition coefficient (Wildman–Crippen LogP) is 1.86. The Hall–Kier alpha value is -1.26. The summed E-state index contributed by atoms with van der Waals surface area (Å²) in [5, 5.41) is 0. The van der Waals surface area contributed by atoms with Crippen molar-refractivity contribution < 1.29 is 4.74 Å². The first-order valence-corrected chi connectivity index (χ1v) is 6.88. The largest absolute Gasteiger partial charge is 0.496 e. The van der Waals surface area contributed by atoms with E-state index < -0.39 is 0 Å². The SMILES string of the molecule is COc1cccc(N2CCC(N(C)C)C2)c1[C@H](C)N. The second-order valence-corrected chi connectivity index (χ2v) is 5.53. The summed E-state index contributed by atoms with van der Waals surface area (Å²) in [6, 6.07) is 6.78. The van der Waals surface area contributed by atoms with E-state index in [1.807, 2.05) is 19.1 Å². The van der Waals surface area contributed by atoms with Gasteiger partial charge in [0, 0.05) is 36.4 Å². The highest BCUT2D eigenvalue weighted by molar-refractivity contribution is 5.61. The lowest BCUT2D eigenvalue weighted by molar-refractivity contribution is 0.315. The van der Waals surface area contributed by atoms with Crippen molar-refractivity contribution in [2.45, 2.75) is 25.4 Å². The topological polar surface area (TPSA) is 41.7 Å². The minimum atomic E-state index is -0.0236. The average molecular weight is 263 g/mol. The van der Waals surface area contributed by atoms with Crippen molar-refractivity contribution in [3.63, 3.8) is 0 Å². The van der Waals surface area contributed by atoms with E-state index in [0.717, 1.165) is 24.4 Å². The van der Waals surface area contributed by atoms with Crippen LogP contribution in [0.5, 0.6) is 5.75 Å². The van der Waals surface area contributed by atoms with E-state index in [-0.39, 0.29) is 6.04 Å². The number of hydrogen-bond acceptors (Lipinski definition) is 4. The van der Waals surface area contributed by atoms with Crippen molar-refractivity contribution in [1.29, 1.82) is 0 Å². The third kappa shape index (κ3) is 2.85.